The molecular formula is C23H21FN4O2. The van der Waals surface area contributed by atoms with E-state index in [1.165, 1.54) is 12.1 Å². The van der Waals surface area contributed by atoms with Crippen molar-refractivity contribution in [2.24, 2.45) is 0 Å². The molecule has 0 spiro atoms. The van der Waals surface area contributed by atoms with Gasteiger partial charge in [0.2, 0.25) is 0 Å². The van der Waals surface area contributed by atoms with Crippen LogP contribution in [-0.2, 0) is 6.42 Å². The smallest absolute Gasteiger partial charge is 0.251 e. The van der Waals surface area contributed by atoms with Crippen LogP contribution in [0.25, 0.3) is 5.65 Å². The van der Waals surface area contributed by atoms with E-state index in [0.29, 0.717) is 23.6 Å². The summed E-state index contributed by atoms with van der Waals surface area (Å²) in [4.78, 5) is 16.8. The van der Waals surface area contributed by atoms with Crippen molar-refractivity contribution < 1.29 is 13.9 Å². The Morgan fingerprint density at radius 1 is 1.13 bits per heavy atom. The molecule has 7 heteroatoms. The second kappa shape index (κ2) is 8.73. The van der Waals surface area contributed by atoms with Gasteiger partial charge in [-0.05, 0) is 67.8 Å². The molecule has 1 amide bonds. The van der Waals surface area contributed by atoms with Gasteiger partial charge in [-0.3, -0.25) is 4.79 Å². The van der Waals surface area contributed by atoms with E-state index in [1.54, 1.807) is 40.9 Å². The van der Waals surface area contributed by atoms with E-state index in [0.717, 1.165) is 29.7 Å². The zero-order valence-electron chi connectivity index (χ0n) is 16.5. The van der Waals surface area contributed by atoms with E-state index in [2.05, 4.69) is 15.4 Å². The Hall–Kier alpha value is -3.74. The zero-order chi connectivity index (χ0) is 20.9. The van der Waals surface area contributed by atoms with Crippen molar-refractivity contribution in [3.8, 4) is 11.5 Å². The number of benzene rings is 2. The number of hydrogen-bond acceptors (Lipinski definition) is 4. The van der Waals surface area contributed by atoms with Gasteiger partial charge in [-0.1, -0.05) is 6.07 Å². The maximum atomic E-state index is 13.0. The highest BCUT2D eigenvalue weighted by molar-refractivity contribution is 5.94. The van der Waals surface area contributed by atoms with Gasteiger partial charge in [0.1, 0.15) is 17.3 Å². The second-order valence-electron chi connectivity index (χ2n) is 6.99. The molecule has 0 aliphatic rings. The van der Waals surface area contributed by atoms with Gasteiger partial charge in [0, 0.05) is 30.6 Å². The minimum atomic E-state index is -0.328. The number of nitrogens with one attached hydrogen (secondary N) is 1. The molecule has 0 atom stereocenters. The lowest BCUT2D eigenvalue weighted by Crippen LogP contribution is -2.24. The zero-order valence-corrected chi connectivity index (χ0v) is 16.5. The Morgan fingerprint density at radius 2 is 1.97 bits per heavy atom. The number of nitrogens with zero attached hydrogens (tertiary/aromatic N) is 3. The van der Waals surface area contributed by atoms with E-state index in [1.807, 2.05) is 25.4 Å². The molecule has 0 aliphatic heterocycles. The summed E-state index contributed by atoms with van der Waals surface area (Å²) in [6.07, 6.45) is 5.38. The van der Waals surface area contributed by atoms with Crippen molar-refractivity contribution in [1.29, 1.82) is 0 Å². The standard InChI is InChI=1S/C23H21FN4O2/c1-16-12-22-26-14-17(15-28(22)27-16)4-3-11-25-23(29)18-5-2-6-21(13-18)30-20-9-7-19(24)8-10-20/h2,5-10,12-15H,3-4,11H2,1H3,(H,25,29). The van der Waals surface area contributed by atoms with Gasteiger partial charge in [-0.15, -0.1) is 0 Å². The molecule has 4 aromatic rings. The Kier molecular flexibility index (Phi) is 5.70. The van der Waals surface area contributed by atoms with Gasteiger partial charge >= 0.3 is 0 Å². The van der Waals surface area contributed by atoms with Crippen LogP contribution >= 0.6 is 0 Å². The summed E-state index contributed by atoms with van der Waals surface area (Å²) in [6.45, 7) is 2.47. The van der Waals surface area contributed by atoms with Gasteiger partial charge in [0.25, 0.3) is 5.91 Å². The Morgan fingerprint density at radius 3 is 2.80 bits per heavy atom. The number of carbonyl (C=O) groups is 1. The van der Waals surface area contributed by atoms with Crippen LogP contribution in [0.3, 0.4) is 0 Å². The predicted molar refractivity (Wildman–Crippen MR) is 111 cm³/mol. The predicted octanol–water partition coefficient (Wildman–Crippen LogP) is 4.33. The summed E-state index contributed by atoms with van der Waals surface area (Å²) in [7, 11) is 0. The third-order valence-corrected chi connectivity index (χ3v) is 4.56. The molecule has 2 heterocycles. The van der Waals surface area contributed by atoms with Crippen LogP contribution in [0.2, 0.25) is 0 Å². The molecule has 0 radical (unpaired) electrons. The Balaban J connectivity index is 1.29. The van der Waals surface area contributed by atoms with Crippen molar-refractivity contribution in [3.05, 3.63) is 89.6 Å². The molecule has 30 heavy (non-hydrogen) atoms. The lowest BCUT2D eigenvalue weighted by atomic mass is 10.1. The van der Waals surface area contributed by atoms with Crippen molar-refractivity contribution in [2.45, 2.75) is 19.8 Å². The topological polar surface area (TPSA) is 68.5 Å². The molecule has 152 valence electrons. The van der Waals surface area contributed by atoms with Crippen LogP contribution in [0.5, 0.6) is 11.5 Å². The average Bonchev–Trinajstić information content (AvgIpc) is 3.12. The number of amides is 1. The van der Waals surface area contributed by atoms with Crippen LogP contribution < -0.4 is 10.1 Å². The molecule has 0 aliphatic carbocycles. The molecule has 0 bridgehead atoms. The number of hydrogen-bond donors (Lipinski definition) is 1. The first-order valence-corrected chi connectivity index (χ1v) is 9.69. The van der Waals surface area contributed by atoms with Crippen molar-refractivity contribution >= 4 is 11.6 Å². The SMILES string of the molecule is Cc1cc2ncc(CCCNC(=O)c3cccc(Oc4ccc(F)cc4)c3)cn2n1. The normalized spacial score (nSPS) is 10.9. The largest absolute Gasteiger partial charge is 0.457 e. The quantitative estimate of drug-likeness (QED) is 0.466. The summed E-state index contributed by atoms with van der Waals surface area (Å²) in [6, 6.07) is 14.6. The Labute approximate surface area is 173 Å². The molecule has 6 nitrogen and oxygen atoms in total. The fourth-order valence-electron chi connectivity index (χ4n) is 3.10. The third-order valence-electron chi connectivity index (χ3n) is 4.56. The fraction of sp³-hybridized carbons (Fsp3) is 0.174. The molecule has 0 saturated heterocycles. The van der Waals surface area contributed by atoms with Gasteiger partial charge in [0.05, 0.1) is 5.69 Å². The fourth-order valence-corrected chi connectivity index (χ4v) is 3.10. The number of ether oxygens (including phenoxy) is 1. The molecular weight excluding hydrogens is 383 g/mol. The van der Waals surface area contributed by atoms with Crippen LogP contribution in [0.4, 0.5) is 4.39 Å². The number of rotatable bonds is 7. The van der Waals surface area contributed by atoms with Crippen LogP contribution in [0.1, 0.15) is 28.0 Å². The minimum Gasteiger partial charge on any atom is -0.457 e. The first-order valence-electron chi connectivity index (χ1n) is 9.69. The van der Waals surface area contributed by atoms with E-state index in [-0.39, 0.29) is 11.7 Å². The summed E-state index contributed by atoms with van der Waals surface area (Å²) in [5.74, 6) is 0.525. The molecule has 2 aromatic heterocycles. The van der Waals surface area contributed by atoms with E-state index < -0.39 is 0 Å². The molecule has 0 unspecified atom stereocenters. The minimum absolute atomic E-state index is 0.171. The number of fused-ring (bicyclic) bond motifs is 1. The van der Waals surface area contributed by atoms with Gasteiger partial charge in [0.15, 0.2) is 5.65 Å². The van der Waals surface area contributed by atoms with Crippen molar-refractivity contribution in [2.75, 3.05) is 6.54 Å². The van der Waals surface area contributed by atoms with Gasteiger partial charge < -0.3 is 10.1 Å². The maximum absolute atomic E-state index is 13.0. The third kappa shape index (κ3) is 4.81. The van der Waals surface area contributed by atoms with E-state index >= 15 is 0 Å². The molecule has 1 N–H and O–H groups in total. The van der Waals surface area contributed by atoms with Gasteiger partial charge in [-0.25, -0.2) is 13.9 Å². The van der Waals surface area contributed by atoms with E-state index in [9.17, 15) is 9.18 Å². The molecule has 0 fully saturated rings. The lowest BCUT2D eigenvalue weighted by molar-refractivity contribution is 0.0953. The first-order chi connectivity index (χ1) is 14.6. The Bertz CT molecular complexity index is 1170. The molecule has 4 rings (SSSR count). The van der Waals surface area contributed by atoms with Crippen LogP contribution in [0.15, 0.2) is 67.0 Å². The highest BCUT2D eigenvalue weighted by atomic mass is 19.1. The van der Waals surface area contributed by atoms with Crippen molar-refractivity contribution in [3.63, 3.8) is 0 Å². The highest BCUT2D eigenvalue weighted by Gasteiger charge is 2.07. The van der Waals surface area contributed by atoms with E-state index in [4.69, 9.17) is 4.74 Å². The maximum Gasteiger partial charge on any atom is 0.251 e. The number of aryl methyl sites for hydroxylation is 2. The lowest BCUT2D eigenvalue weighted by Gasteiger charge is -2.09. The van der Waals surface area contributed by atoms with Crippen LogP contribution in [0, 0.1) is 12.7 Å². The highest BCUT2D eigenvalue weighted by Crippen LogP contribution is 2.22. The molecule has 2 aromatic carbocycles. The van der Waals surface area contributed by atoms with Gasteiger partial charge in [-0.2, -0.15) is 5.10 Å². The number of carbonyl (C=O) groups excluding carboxylic acids is 1. The monoisotopic (exact) mass is 404 g/mol. The summed E-state index contributed by atoms with van der Waals surface area (Å²) < 4.78 is 20.5. The average molecular weight is 404 g/mol. The van der Waals surface area contributed by atoms with Crippen LogP contribution in [-0.4, -0.2) is 27.0 Å². The number of aromatic nitrogens is 3. The second-order valence-corrected chi connectivity index (χ2v) is 6.99. The first kappa shape index (κ1) is 19.6. The number of halogens is 1. The molecule has 0 saturated carbocycles. The summed E-state index contributed by atoms with van der Waals surface area (Å²) in [5, 5.41) is 7.29. The summed E-state index contributed by atoms with van der Waals surface area (Å²) in [5.41, 5.74) is 3.32. The summed E-state index contributed by atoms with van der Waals surface area (Å²) >= 11 is 0. The van der Waals surface area contributed by atoms with Crippen molar-refractivity contribution in [1.82, 2.24) is 19.9 Å².